The third-order valence-corrected chi connectivity index (χ3v) is 9.74. The number of benzene rings is 3. The van der Waals surface area contributed by atoms with Gasteiger partial charge in [0.2, 0.25) is 5.91 Å². The van der Waals surface area contributed by atoms with Crippen molar-refractivity contribution in [2.45, 2.75) is 65.7 Å². The summed E-state index contributed by atoms with van der Waals surface area (Å²) in [5.41, 5.74) is 15.8. The predicted molar refractivity (Wildman–Crippen MR) is 186 cm³/mol. The molecule has 234 valence electrons. The SMILES string of the molecule is C1CCOC1.CC(=O)OI(C)c1ccccc1.CCc1cccc(CCC(N)=O)c1.CCc1cccc(CCN)c1.Cl. The second-order valence-electron chi connectivity index (χ2n) is 9.46. The first kappa shape index (κ1) is 39.5. The third-order valence-electron chi connectivity index (χ3n) is 5.98. The molecule has 0 aliphatic carbocycles. The van der Waals surface area contributed by atoms with Crippen molar-refractivity contribution in [1.29, 1.82) is 0 Å². The van der Waals surface area contributed by atoms with E-state index in [9.17, 15) is 9.59 Å². The smallest absolute Gasteiger partial charge is 0.217 e. The zero-order chi connectivity index (χ0) is 30.3. The Morgan fingerprint density at radius 1 is 0.810 bits per heavy atom. The van der Waals surface area contributed by atoms with Gasteiger partial charge in [-0.3, -0.25) is 4.79 Å². The number of nitrogens with two attached hydrogens (primary N) is 2. The molecule has 1 fully saturated rings. The fourth-order valence-corrected chi connectivity index (χ4v) is 6.37. The minimum atomic E-state index is -1.64. The first-order valence-electron chi connectivity index (χ1n) is 14.3. The Morgan fingerprint density at radius 2 is 1.31 bits per heavy atom. The van der Waals surface area contributed by atoms with Gasteiger partial charge in [-0.2, -0.15) is 0 Å². The van der Waals surface area contributed by atoms with Crippen molar-refractivity contribution in [2.75, 3.05) is 24.7 Å². The van der Waals surface area contributed by atoms with Crippen molar-refractivity contribution in [2.24, 2.45) is 11.5 Å². The van der Waals surface area contributed by atoms with Crippen LogP contribution in [-0.2, 0) is 43.1 Å². The van der Waals surface area contributed by atoms with Crippen LogP contribution in [0.25, 0.3) is 0 Å². The van der Waals surface area contributed by atoms with Gasteiger partial charge in [0.1, 0.15) is 0 Å². The molecule has 0 radical (unpaired) electrons. The molecule has 4 N–H and O–H groups in total. The molecule has 0 atom stereocenters. The number of aryl methyl sites for hydroxylation is 3. The molecule has 1 saturated heterocycles. The van der Waals surface area contributed by atoms with E-state index in [1.807, 2.05) is 47.4 Å². The van der Waals surface area contributed by atoms with Crippen molar-refractivity contribution < 1.29 is 17.4 Å². The summed E-state index contributed by atoms with van der Waals surface area (Å²) in [6.45, 7) is 8.48. The van der Waals surface area contributed by atoms with Crippen LogP contribution in [0.2, 0.25) is 0 Å². The number of primary amides is 1. The Balaban J connectivity index is 0.000000549. The third kappa shape index (κ3) is 19.6. The first-order valence-corrected chi connectivity index (χ1v) is 18.5. The molecule has 4 rings (SSSR count). The summed E-state index contributed by atoms with van der Waals surface area (Å²) in [4.78, 5) is 23.2. The number of halogens is 2. The van der Waals surface area contributed by atoms with Crippen LogP contribution in [0.15, 0.2) is 78.9 Å². The molecule has 3 aromatic rings. The summed E-state index contributed by atoms with van der Waals surface area (Å²) in [6.07, 6.45) is 6.88. The van der Waals surface area contributed by atoms with Crippen LogP contribution < -0.4 is 11.5 Å². The van der Waals surface area contributed by atoms with Crippen LogP contribution in [0.4, 0.5) is 0 Å². The number of alkyl halides is 1. The predicted octanol–water partition coefficient (Wildman–Crippen LogP) is 7.11. The number of hydrogen-bond acceptors (Lipinski definition) is 5. The van der Waals surface area contributed by atoms with E-state index < -0.39 is 20.2 Å². The Labute approximate surface area is 267 Å². The van der Waals surface area contributed by atoms with Crippen LogP contribution in [0.5, 0.6) is 0 Å². The minimum Gasteiger partial charge on any atom is -0.370 e. The summed E-state index contributed by atoms with van der Waals surface area (Å²) >= 11 is -1.64. The number of rotatable bonds is 9. The van der Waals surface area contributed by atoms with Crippen molar-refractivity contribution in [3.8, 4) is 0 Å². The molecule has 0 aromatic heterocycles. The number of hydrogen-bond donors (Lipinski definition) is 2. The van der Waals surface area contributed by atoms with Crippen molar-refractivity contribution in [1.82, 2.24) is 0 Å². The van der Waals surface area contributed by atoms with E-state index in [-0.39, 0.29) is 24.3 Å². The van der Waals surface area contributed by atoms with E-state index in [2.05, 4.69) is 50.2 Å². The van der Waals surface area contributed by atoms with E-state index >= 15 is 0 Å². The molecule has 6 nitrogen and oxygen atoms in total. The van der Waals surface area contributed by atoms with E-state index in [0.717, 1.165) is 45.4 Å². The van der Waals surface area contributed by atoms with Crippen molar-refractivity contribution in [3.63, 3.8) is 0 Å². The van der Waals surface area contributed by atoms with Gasteiger partial charge in [-0.05, 0) is 67.3 Å². The molecule has 42 heavy (non-hydrogen) atoms. The van der Waals surface area contributed by atoms with Crippen molar-refractivity contribution >= 4 is 44.5 Å². The fraction of sp³-hybridized carbons (Fsp3) is 0.412. The molecular weight excluding hydrogens is 663 g/mol. The van der Waals surface area contributed by atoms with E-state index in [1.165, 1.54) is 45.6 Å². The zero-order valence-corrected chi connectivity index (χ0v) is 28.6. The largest absolute Gasteiger partial charge is 0.370 e. The summed E-state index contributed by atoms with van der Waals surface area (Å²) < 4.78 is 11.3. The number of carbonyl (C=O) groups is 2. The van der Waals surface area contributed by atoms with Gasteiger partial charge in [-0.25, -0.2) is 0 Å². The molecular formula is C34H50ClIN2O4. The number of ether oxygens (including phenoxy) is 1. The quantitative estimate of drug-likeness (QED) is 0.182. The molecule has 1 aliphatic rings. The average Bonchev–Trinajstić information content (AvgIpc) is 3.58. The first-order chi connectivity index (χ1) is 19.8. The molecule has 0 bridgehead atoms. The topological polar surface area (TPSA) is 105 Å². The number of carbonyl (C=O) groups excluding carboxylic acids is 2. The van der Waals surface area contributed by atoms with Gasteiger partial charge in [0.15, 0.2) is 0 Å². The minimum absolute atomic E-state index is 0. The summed E-state index contributed by atoms with van der Waals surface area (Å²) in [6, 6.07) is 26.8. The maximum atomic E-state index is 10.6. The van der Waals surface area contributed by atoms with Gasteiger partial charge in [0.25, 0.3) is 0 Å². The van der Waals surface area contributed by atoms with Crippen molar-refractivity contribution in [3.05, 3.63) is 105 Å². The standard InChI is InChI=1S/C11H15NO.C10H15N.C9H11IO2.C4H8O.ClH/c1-2-9-4-3-5-10(8-9)6-7-11(12)13;1-2-9-4-3-5-10(8-9)6-7-11;1-8(11)12-10(2)9-6-4-3-5-7-9;1-2-4-5-3-1;/h3-5,8H,2,6-7H2,1H3,(H2,12,13);3-5,8H,2,6-7,11H2,1H3;3-7H,1-2H3;1-4H2;1H. The summed E-state index contributed by atoms with van der Waals surface area (Å²) in [7, 11) is 0. The Hall–Kier alpha value is -2.46. The molecule has 0 unspecified atom stereocenters. The Morgan fingerprint density at radius 3 is 1.71 bits per heavy atom. The summed E-state index contributed by atoms with van der Waals surface area (Å²) in [5.74, 6) is -0.409. The van der Waals surface area contributed by atoms with Gasteiger partial charge in [-0.15, -0.1) is 12.4 Å². The van der Waals surface area contributed by atoms with Gasteiger partial charge < -0.3 is 16.2 Å². The monoisotopic (exact) mass is 712 g/mol. The molecule has 1 amide bonds. The van der Waals surface area contributed by atoms with Gasteiger partial charge in [0, 0.05) is 19.6 Å². The van der Waals surface area contributed by atoms with E-state index in [4.69, 9.17) is 19.3 Å². The van der Waals surface area contributed by atoms with Gasteiger partial charge >= 0.3 is 79.8 Å². The molecule has 0 spiro atoms. The zero-order valence-electron chi connectivity index (χ0n) is 25.7. The Kier molecular flexibility index (Phi) is 23.6. The molecule has 1 aliphatic heterocycles. The Bertz CT molecular complexity index is 1120. The van der Waals surface area contributed by atoms with Crippen LogP contribution >= 0.6 is 32.6 Å². The van der Waals surface area contributed by atoms with Crippen LogP contribution in [0.3, 0.4) is 0 Å². The average molecular weight is 713 g/mol. The second kappa shape index (κ2) is 25.1. The van der Waals surface area contributed by atoms with Crippen LogP contribution in [-0.4, -0.2) is 36.6 Å². The fourth-order valence-electron chi connectivity index (χ4n) is 3.75. The maximum absolute atomic E-state index is 10.6. The number of amides is 1. The van der Waals surface area contributed by atoms with E-state index in [1.54, 1.807) is 0 Å². The normalized spacial score (nSPS) is 11.6. The molecule has 0 saturated carbocycles. The van der Waals surface area contributed by atoms with Crippen LogP contribution in [0, 0.1) is 3.57 Å². The molecule has 3 aromatic carbocycles. The maximum Gasteiger partial charge on any atom is 0.217 e. The second-order valence-corrected chi connectivity index (χ2v) is 13.5. The summed E-state index contributed by atoms with van der Waals surface area (Å²) in [5, 5.41) is 0. The van der Waals surface area contributed by atoms with Gasteiger partial charge in [0.05, 0.1) is 0 Å². The van der Waals surface area contributed by atoms with E-state index in [0.29, 0.717) is 6.42 Å². The van der Waals surface area contributed by atoms with Crippen LogP contribution in [0.1, 0.15) is 62.3 Å². The van der Waals surface area contributed by atoms with Gasteiger partial charge in [-0.1, -0.05) is 62.4 Å². The molecule has 8 heteroatoms. The molecule has 1 heterocycles.